The van der Waals surface area contributed by atoms with Crippen molar-refractivity contribution in [2.45, 2.75) is 19.3 Å². The second-order valence-corrected chi connectivity index (χ2v) is 7.03. The van der Waals surface area contributed by atoms with Crippen molar-refractivity contribution >= 4 is 22.5 Å². The molecule has 5 nitrogen and oxygen atoms in total. The number of anilines is 1. The molecule has 3 aromatic rings. The van der Waals surface area contributed by atoms with E-state index in [1.807, 2.05) is 0 Å². The van der Waals surface area contributed by atoms with Crippen LogP contribution in [0.15, 0.2) is 61.1 Å². The summed E-state index contributed by atoms with van der Waals surface area (Å²) in [5.41, 5.74) is 1.28. The Morgan fingerprint density at radius 3 is 2.93 bits per heavy atom. The lowest BCUT2D eigenvalue weighted by Gasteiger charge is -2.32. The highest BCUT2D eigenvalue weighted by Gasteiger charge is 2.26. The van der Waals surface area contributed by atoms with Crippen LogP contribution < -0.4 is 10.2 Å². The summed E-state index contributed by atoms with van der Waals surface area (Å²) in [5, 5.41) is 5.64. The third kappa shape index (κ3) is 4.08. The van der Waals surface area contributed by atoms with Gasteiger partial charge in [-0.2, -0.15) is 0 Å². The van der Waals surface area contributed by atoms with E-state index < -0.39 is 0 Å². The van der Waals surface area contributed by atoms with E-state index in [0.717, 1.165) is 31.6 Å². The van der Waals surface area contributed by atoms with Crippen LogP contribution in [0.25, 0.3) is 10.8 Å². The smallest absolute Gasteiger partial charge is 0.224 e. The van der Waals surface area contributed by atoms with Crippen LogP contribution in [-0.2, 0) is 11.2 Å². The van der Waals surface area contributed by atoms with Gasteiger partial charge in [-0.3, -0.25) is 9.78 Å². The molecule has 2 heterocycles. The van der Waals surface area contributed by atoms with Gasteiger partial charge in [0.25, 0.3) is 0 Å². The average Bonchev–Trinajstić information content (AvgIpc) is 2.74. The normalized spacial score (nSPS) is 17.0. The zero-order chi connectivity index (χ0) is 18.5. The standard InChI is InChI=1S/C22H24N4O/c27-22(19-8-4-14-26(16-19)21-15-23-12-13-24-21)25-11-10-18-7-3-6-17-5-1-2-9-20(17)18/h1-3,5-7,9,12-13,15,19H,4,8,10-11,14,16H2,(H,25,27). The van der Waals surface area contributed by atoms with Crippen LogP contribution in [0, 0.1) is 5.92 Å². The molecule has 0 bridgehead atoms. The largest absolute Gasteiger partial charge is 0.355 e. The first-order valence-electron chi connectivity index (χ1n) is 9.56. The molecule has 1 aromatic heterocycles. The summed E-state index contributed by atoms with van der Waals surface area (Å²) in [6, 6.07) is 14.7. The summed E-state index contributed by atoms with van der Waals surface area (Å²) in [4.78, 5) is 23.3. The van der Waals surface area contributed by atoms with Gasteiger partial charge < -0.3 is 10.2 Å². The van der Waals surface area contributed by atoms with Gasteiger partial charge in [-0.15, -0.1) is 0 Å². The van der Waals surface area contributed by atoms with Gasteiger partial charge in [-0.05, 0) is 35.6 Å². The zero-order valence-electron chi connectivity index (χ0n) is 15.3. The highest BCUT2D eigenvalue weighted by atomic mass is 16.1. The predicted octanol–water partition coefficient (Wildman–Crippen LogP) is 3.21. The molecule has 1 atom stereocenters. The van der Waals surface area contributed by atoms with Crippen molar-refractivity contribution in [3.63, 3.8) is 0 Å². The quantitative estimate of drug-likeness (QED) is 0.759. The number of nitrogens with zero attached hydrogens (tertiary/aromatic N) is 3. The van der Waals surface area contributed by atoms with Gasteiger partial charge in [0.2, 0.25) is 5.91 Å². The Labute approximate surface area is 159 Å². The molecule has 1 aliphatic heterocycles. The fraction of sp³-hybridized carbons (Fsp3) is 0.318. The number of rotatable bonds is 5. The van der Waals surface area contributed by atoms with Gasteiger partial charge >= 0.3 is 0 Å². The number of carbonyl (C=O) groups excluding carboxylic acids is 1. The molecule has 1 unspecified atom stereocenters. The average molecular weight is 360 g/mol. The molecule has 0 aliphatic carbocycles. The lowest BCUT2D eigenvalue weighted by Crippen LogP contribution is -2.43. The maximum Gasteiger partial charge on any atom is 0.224 e. The van der Waals surface area contributed by atoms with Crippen molar-refractivity contribution in [3.8, 4) is 0 Å². The van der Waals surface area contributed by atoms with E-state index in [4.69, 9.17) is 0 Å². The second kappa shape index (κ2) is 8.16. The fourth-order valence-electron chi connectivity index (χ4n) is 3.83. The molecule has 5 heteroatoms. The summed E-state index contributed by atoms with van der Waals surface area (Å²) in [6.45, 7) is 2.30. The number of hydrogen-bond donors (Lipinski definition) is 1. The highest BCUT2D eigenvalue weighted by Crippen LogP contribution is 2.21. The van der Waals surface area contributed by atoms with E-state index in [9.17, 15) is 4.79 Å². The minimum atomic E-state index is 0.00766. The van der Waals surface area contributed by atoms with Crippen molar-refractivity contribution in [1.82, 2.24) is 15.3 Å². The SMILES string of the molecule is O=C(NCCc1cccc2ccccc12)C1CCCN(c2cnccn2)C1. The van der Waals surface area contributed by atoms with E-state index in [0.29, 0.717) is 13.1 Å². The van der Waals surface area contributed by atoms with Crippen molar-refractivity contribution < 1.29 is 4.79 Å². The van der Waals surface area contributed by atoms with Crippen molar-refractivity contribution in [3.05, 3.63) is 66.6 Å². The van der Waals surface area contributed by atoms with Crippen molar-refractivity contribution in [1.29, 1.82) is 0 Å². The van der Waals surface area contributed by atoms with Gasteiger partial charge in [0, 0.05) is 32.0 Å². The topological polar surface area (TPSA) is 58.1 Å². The number of carbonyl (C=O) groups is 1. The van der Waals surface area contributed by atoms with Crippen LogP contribution in [-0.4, -0.2) is 35.5 Å². The molecule has 0 radical (unpaired) electrons. The lowest BCUT2D eigenvalue weighted by atomic mass is 9.97. The van der Waals surface area contributed by atoms with Crippen molar-refractivity contribution in [2.75, 3.05) is 24.5 Å². The molecular weight excluding hydrogens is 336 g/mol. The molecule has 0 saturated carbocycles. The first-order valence-corrected chi connectivity index (χ1v) is 9.56. The van der Waals surface area contributed by atoms with Gasteiger partial charge in [0.15, 0.2) is 0 Å². The monoisotopic (exact) mass is 360 g/mol. The van der Waals surface area contributed by atoms with Crippen LogP contribution in [0.4, 0.5) is 5.82 Å². The van der Waals surface area contributed by atoms with Gasteiger partial charge in [0.05, 0.1) is 12.1 Å². The van der Waals surface area contributed by atoms with Crippen LogP contribution in [0.3, 0.4) is 0 Å². The van der Waals surface area contributed by atoms with Crippen LogP contribution in [0.1, 0.15) is 18.4 Å². The summed E-state index contributed by atoms with van der Waals surface area (Å²) in [5.74, 6) is 1.00. The molecule has 1 aliphatic rings. The van der Waals surface area contributed by atoms with Crippen LogP contribution in [0.5, 0.6) is 0 Å². The molecule has 0 spiro atoms. The van der Waals surface area contributed by atoms with Gasteiger partial charge in [-0.1, -0.05) is 42.5 Å². The summed E-state index contributed by atoms with van der Waals surface area (Å²) in [6.07, 6.45) is 7.90. The molecule has 138 valence electrons. The minimum Gasteiger partial charge on any atom is -0.355 e. The lowest BCUT2D eigenvalue weighted by molar-refractivity contribution is -0.125. The van der Waals surface area contributed by atoms with E-state index >= 15 is 0 Å². The molecule has 1 N–H and O–H groups in total. The van der Waals surface area contributed by atoms with E-state index in [1.165, 1.54) is 16.3 Å². The van der Waals surface area contributed by atoms with Gasteiger partial charge in [0.1, 0.15) is 5.82 Å². The first kappa shape index (κ1) is 17.5. The van der Waals surface area contributed by atoms with Crippen LogP contribution >= 0.6 is 0 Å². The first-order chi connectivity index (χ1) is 13.3. The minimum absolute atomic E-state index is 0.00766. The number of aromatic nitrogens is 2. The van der Waals surface area contributed by atoms with E-state index in [-0.39, 0.29) is 11.8 Å². The third-order valence-corrected chi connectivity index (χ3v) is 5.24. The Bertz CT molecular complexity index is 907. The molecule has 1 amide bonds. The van der Waals surface area contributed by atoms with Crippen molar-refractivity contribution in [2.24, 2.45) is 5.92 Å². The number of hydrogen-bond acceptors (Lipinski definition) is 4. The fourth-order valence-corrected chi connectivity index (χ4v) is 3.83. The third-order valence-electron chi connectivity index (χ3n) is 5.24. The summed E-state index contributed by atoms with van der Waals surface area (Å²) < 4.78 is 0. The number of fused-ring (bicyclic) bond motifs is 1. The molecule has 27 heavy (non-hydrogen) atoms. The Morgan fingerprint density at radius 1 is 1.15 bits per heavy atom. The number of piperidine rings is 1. The molecular formula is C22H24N4O. The predicted molar refractivity (Wildman–Crippen MR) is 108 cm³/mol. The Hall–Kier alpha value is -2.95. The van der Waals surface area contributed by atoms with Crippen LogP contribution in [0.2, 0.25) is 0 Å². The maximum atomic E-state index is 12.7. The number of benzene rings is 2. The second-order valence-electron chi connectivity index (χ2n) is 7.03. The Balaban J connectivity index is 1.34. The molecule has 1 saturated heterocycles. The summed E-state index contributed by atoms with van der Waals surface area (Å²) in [7, 11) is 0. The van der Waals surface area contributed by atoms with E-state index in [2.05, 4.69) is 62.6 Å². The summed E-state index contributed by atoms with van der Waals surface area (Å²) >= 11 is 0. The molecule has 4 rings (SSSR count). The molecule has 1 fully saturated rings. The Kier molecular flexibility index (Phi) is 5.28. The zero-order valence-corrected chi connectivity index (χ0v) is 15.3. The highest BCUT2D eigenvalue weighted by molar-refractivity contribution is 5.85. The van der Waals surface area contributed by atoms with E-state index in [1.54, 1.807) is 18.6 Å². The maximum absolute atomic E-state index is 12.7. The van der Waals surface area contributed by atoms with Gasteiger partial charge in [-0.25, -0.2) is 4.98 Å². The molecule has 2 aromatic carbocycles. The Morgan fingerprint density at radius 2 is 2.04 bits per heavy atom. The number of nitrogens with one attached hydrogen (secondary N) is 1. The number of amides is 1.